The molecule has 0 saturated carbocycles. The molecule has 0 aliphatic heterocycles. The Labute approximate surface area is 168 Å². The number of nitro groups is 1. The minimum atomic E-state index is -1.32. The van der Waals surface area contributed by atoms with Crippen LogP contribution in [-0.2, 0) is 16.1 Å². The molecule has 0 spiro atoms. The highest BCUT2D eigenvalue weighted by Gasteiger charge is 2.21. The molecular weight excluding hydrogens is 382 g/mol. The fraction of sp³-hybridized carbons (Fsp3) is 0.556. The van der Waals surface area contributed by atoms with Crippen LogP contribution in [0.4, 0.5) is 10.5 Å². The highest BCUT2D eigenvalue weighted by atomic mass is 16.6. The molecule has 1 amide bonds. The summed E-state index contributed by atoms with van der Waals surface area (Å²) in [5.41, 5.74) is -1.11. The maximum atomic E-state index is 11.5. The number of hydrogen-bond acceptors (Lipinski definition) is 7. The van der Waals surface area contributed by atoms with Crippen molar-refractivity contribution in [1.29, 1.82) is 5.26 Å². The van der Waals surface area contributed by atoms with E-state index in [1.807, 2.05) is 0 Å². The fourth-order valence-corrected chi connectivity index (χ4v) is 2.36. The maximum Gasteiger partial charge on any atom is 0.407 e. The van der Waals surface area contributed by atoms with Gasteiger partial charge in [-0.25, -0.2) is 9.59 Å². The van der Waals surface area contributed by atoms with E-state index in [9.17, 15) is 19.7 Å². The molecule has 1 rings (SSSR count). The summed E-state index contributed by atoms with van der Waals surface area (Å²) >= 11 is 0. The number of nitriles is 1. The van der Waals surface area contributed by atoms with Crippen molar-refractivity contribution in [3.63, 3.8) is 0 Å². The molecule has 1 aromatic rings. The van der Waals surface area contributed by atoms with Gasteiger partial charge in [0, 0.05) is 13.1 Å². The number of aryl methyl sites for hydroxylation is 1. The van der Waals surface area contributed by atoms with Gasteiger partial charge in [0.1, 0.15) is 17.5 Å². The third-order valence-electron chi connectivity index (χ3n) is 3.63. The average molecular weight is 407 g/mol. The van der Waals surface area contributed by atoms with Crippen LogP contribution in [0.3, 0.4) is 0 Å². The van der Waals surface area contributed by atoms with Crippen LogP contribution < -0.4 is 5.32 Å². The predicted molar refractivity (Wildman–Crippen MR) is 103 cm³/mol. The molecule has 11 nitrogen and oxygen atoms in total. The summed E-state index contributed by atoms with van der Waals surface area (Å²) in [4.78, 5) is 33.3. The molecule has 29 heavy (non-hydrogen) atoms. The number of aliphatic carboxylic acids is 1. The lowest BCUT2D eigenvalue weighted by Crippen LogP contribution is -2.33. The molecule has 158 valence electrons. The topological polar surface area (TPSA) is 160 Å². The number of carbonyl (C=O) groups is 2. The van der Waals surface area contributed by atoms with Gasteiger partial charge in [-0.2, -0.15) is 10.4 Å². The first-order valence-corrected chi connectivity index (χ1v) is 9.03. The van der Waals surface area contributed by atoms with Gasteiger partial charge in [-0.1, -0.05) is 0 Å². The Morgan fingerprint density at radius 3 is 2.66 bits per heavy atom. The number of aromatic nitrogens is 2. The zero-order chi connectivity index (χ0) is 22.0. The van der Waals surface area contributed by atoms with Crippen LogP contribution in [-0.4, -0.2) is 44.0 Å². The van der Waals surface area contributed by atoms with E-state index in [0.717, 1.165) is 12.3 Å². The second-order valence-corrected chi connectivity index (χ2v) is 7.19. The Bertz CT molecular complexity index is 816. The second-order valence-electron chi connectivity index (χ2n) is 7.19. The van der Waals surface area contributed by atoms with Crippen molar-refractivity contribution >= 4 is 23.8 Å². The molecule has 1 aromatic heterocycles. The van der Waals surface area contributed by atoms with Gasteiger partial charge in [0.2, 0.25) is 0 Å². The maximum absolute atomic E-state index is 11.5. The van der Waals surface area contributed by atoms with Gasteiger partial charge < -0.3 is 15.2 Å². The van der Waals surface area contributed by atoms with Gasteiger partial charge in [-0.3, -0.25) is 14.8 Å². The molecule has 0 aliphatic carbocycles. The Hall–Kier alpha value is -3.42. The molecule has 0 unspecified atom stereocenters. The van der Waals surface area contributed by atoms with Gasteiger partial charge in [-0.05, 0) is 46.1 Å². The molecular formula is C18H25N5O6. The molecule has 0 radical (unpaired) electrons. The standard InChI is InChI=1S/C18H25N5O6/c1-18(2,3)29-17(26)20-9-5-4-6-10-22-14(15(12-21-22)23(27)28)11-13(7-8-19)16(24)25/h11-12H,4-7,9-10H2,1-3H3,(H,20,26)(H,24,25). The van der Waals surface area contributed by atoms with Crippen molar-refractivity contribution in [3.05, 3.63) is 27.6 Å². The third-order valence-corrected chi connectivity index (χ3v) is 3.63. The van der Waals surface area contributed by atoms with Gasteiger partial charge in [0.25, 0.3) is 0 Å². The molecule has 2 N–H and O–H groups in total. The second kappa shape index (κ2) is 10.8. The van der Waals surface area contributed by atoms with E-state index in [2.05, 4.69) is 10.4 Å². The number of rotatable bonds is 10. The smallest absolute Gasteiger partial charge is 0.407 e. The Morgan fingerprint density at radius 2 is 2.10 bits per heavy atom. The highest BCUT2D eigenvalue weighted by Crippen LogP contribution is 2.22. The van der Waals surface area contributed by atoms with Crippen LogP contribution in [0.5, 0.6) is 0 Å². The lowest BCUT2D eigenvalue weighted by molar-refractivity contribution is -0.385. The van der Waals surface area contributed by atoms with E-state index in [1.165, 1.54) is 4.68 Å². The molecule has 0 aliphatic rings. The van der Waals surface area contributed by atoms with Crippen molar-refractivity contribution in [2.24, 2.45) is 0 Å². The molecule has 0 fully saturated rings. The van der Waals surface area contributed by atoms with Crippen LogP contribution >= 0.6 is 0 Å². The summed E-state index contributed by atoms with van der Waals surface area (Å²) < 4.78 is 6.47. The number of unbranched alkanes of at least 4 members (excludes halogenated alkanes) is 2. The zero-order valence-electron chi connectivity index (χ0n) is 16.7. The van der Waals surface area contributed by atoms with Crippen LogP contribution in [0.2, 0.25) is 0 Å². The van der Waals surface area contributed by atoms with E-state index in [1.54, 1.807) is 26.8 Å². The molecule has 0 aromatic carbocycles. The van der Waals surface area contributed by atoms with Gasteiger partial charge >= 0.3 is 17.7 Å². The summed E-state index contributed by atoms with van der Waals surface area (Å²) in [5.74, 6) is -1.32. The van der Waals surface area contributed by atoms with Crippen molar-refractivity contribution < 1.29 is 24.4 Å². The van der Waals surface area contributed by atoms with Crippen molar-refractivity contribution in [2.75, 3.05) is 6.54 Å². The molecule has 0 atom stereocenters. The SMILES string of the molecule is CC(C)(C)OC(=O)NCCCCCn1ncc([N+](=O)[O-])c1C=C(CC#N)C(=O)O. The normalized spacial score (nSPS) is 11.6. The first-order valence-electron chi connectivity index (χ1n) is 9.03. The van der Waals surface area contributed by atoms with Crippen molar-refractivity contribution in [3.8, 4) is 6.07 Å². The summed E-state index contributed by atoms with van der Waals surface area (Å²) in [6, 6.07) is 1.73. The molecule has 0 saturated heterocycles. The first kappa shape index (κ1) is 23.6. The predicted octanol–water partition coefficient (Wildman–Crippen LogP) is 2.87. The molecule has 11 heteroatoms. The fourth-order valence-electron chi connectivity index (χ4n) is 2.36. The van der Waals surface area contributed by atoms with E-state index in [-0.39, 0.29) is 23.4 Å². The Balaban J connectivity index is 2.66. The number of carboxylic acids is 1. The number of carbonyl (C=O) groups excluding carboxylic acids is 1. The number of nitrogens with one attached hydrogen (secondary N) is 1. The van der Waals surface area contributed by atoms with Gasteiger partial charge in [-0.15, -0.1) is 0 Å². The average Bonchev–Trinajstić information content (AvgIpc) is 2.98. The number of hydrogen-bond donors (Lipinski definition) is 2. The number of amides is 1. The van der Waals surface area contributed by atoms with Crippen molar-refractivity contribution in [1.82, 2.24) is 15.1 Å². The molecule has 0 bridgehead atoms. The van der Waals surface area contributed by atoms with Crippen LogP contribution in [0.25, 0.3) is 6.08 Å². The van der Waals surface area contributed by atoms with Crippen LogP contribution in [0, 0.1) is 21.4 Å². The first-order chi connectivity index (χ1) is 13.5. The van der Waals surface area contributed by atoms with E-state index in [0.29, 0.717) is 32.4 Å². The van der Waals surface area contributed by atoms with E-state index in [4.69, 9.17) is 15.1 Å². The largest absolute Gasteiger partial charge is 0.478 e. The van der Waals surface area contributed by atoms with Crippen LogP contribution in [0.1, 0.15) is 52.1 Å². The number of ether oxygens (including phenoxy) is 1. The number of carboxylic acid groups (broad SMARTS) is 1. The minimum Gasteiger partial charge on any atom is -0.478 e. The summed E-state index contributed by atoms with van der Waals surface area (Å²) in [6.45, 7) is 6.06. The summed E-state index contributed by atoms with van der Waals surface area (Å²) in [7, 11) is 0. The summed E-state index contributed by atoms with van der Waals surface area (Å²) in [5, 5.41) is 35.7. The number of alkyl carbamates (subject to hydrolysis) is 1. The third kappa shape index (κ3) is 8.42. The lowest BCUT2D eigenvalue weighted by atomic mass is 10.1. The minimum absolute atomic E-state index is 0.0366. The van der Waals surface area contributed by atoms with E-state index < -0.39 is 22.6 Å². The Morgan fingerprint density at radius 1 is 1.41 bits per heavy atom. The van der Waals surface area contributed by atoms with Crippen molar-refractivity contribution in [2.45, 2.75) is 58.6 Å². The van der Waals surface area contributed by atoms with E-state index >= 15 is 0 Å². The summed E-state index contributed by atoms with van der Waals surface area (Å²) in [6.07, 6.45) is 3.28. The quantitative estimate of drug-likeness (QED) is 0.259. The Kier molecular flexibility index (Phi) is 8.79. The molecule has 1 heterocycles. The zero-order valence-corrected chi connectivity index (χ0v) is 16.7. The van der Waals surface area contributed by atoms with Crippen LogP contribution in [0.15, 0.2) is 11.8 Å². The number of nitrogens with zero attached hydrogens (tertiary/aromatic N) is 4. The van der Waals surface area contributed by atoms with Gasteiger partial charge in [0.15, 0.2) is 0 Å². The highest BCUT2D eigenvalue weighted by molar-refractivity contribution is 5.93. The lowest BCUT2D eigenvalue weighted by Gasteiger charge is -2.19. The monoisotopic (exact) mass is 407 g/mol. The van der Waals surface area contributed by atoms with Gasteiger partial charge in [0.05, 0.1) is 23.0 Å².